The number of likely N-dealkylation sites (N-methyl/N-ethyl adjacent to an activating group) is 1. The molecule has 194 valence electrons. The lowest BCUT2D eigenvalue weighted by Gasteiger charge is -2.13. The number of aromatic carboxylic acids is 2. The van der Waals surface area contributed by atoms with Crippen molar-refractivity contribution >= 4 is 46.5 Å². The number of ether oxygens (including phenoxy) is 2. The fourth-order valence-electron chi connectivity index (χ4n) is 3.53. The highest BCUT2D eigenvalue weighted by Gasteiger charge is 2.30. The summed E-state index contributed by atoms with van der Waals surface area (Å²) in [5.74, 6) is -1.25. The number of nitrogens with zero attached hydrogens (tertiary/aromatic N) is 2. The van der Waals surface area contributed by atoms with E-state index in [0.717, 1.165) is 11.1 Å². The zero-order valence-electron chi connectivity index (χ0n) is 20.6. The molecular weight excluding hydrogens is 508 g/mol. The standard InChI is InChI=1S/C28H24N2O7S/c1-3-36-23-13-18(9-12-22(23)37-16-17-7-10-19(11-8-17)26(32)33)14-24-25(31)30(2)28(38-24)29-21-6-4-5-20(15-21)27(34)35/h4-15H,3,16H2,1-2H3,(H,32,33)(H,34,35). The monoisotopic (exact) mass is 532 g/mol. The Balaban J connectivity index is 1.52. The van der Waals surface area contributed by atoms with Crippen LogP contribution in [0.1, 0.15) is 38.8 Å². The Labute approximate surface area is 223 Å². The van der Waals surface area contributed by atoms with Crippen molar-refractivity contribution in [1.29, 1.82) is 0 Å². The first-order valence-corrected chi connectivity index (χ1v) is 12.4. The van der Waals surface area contributed by atoms with Gasteiger partial charge in [0.05, 0.1) is 28.3 Å². The van der Waals surface area contributed by atoms with E-state index in [0.29, 0.717) is 33.9 Å². The fourth-order valence-corrected chi connectivity index (χ4v) is 4.52. The molecule has 1 aliphatic heterocycles. The number of carbonyl (C=O) groups excluding carboxylic acids is 1. The Morgan fingerprint density at radius 2 is 1.68 bits per heavy atom. The molecular formula is C28H24N2O7S. The van der Waals surface area contributed by atoms with Gasteiger partial charge >= 0.3 is 11.9 Å². The second kappa shape index (κ2) is 11.7. The maximum Gasteiger partial charge on any atom is 0.335 e. The van der Waals surface area contributed by atoms with Crippen LogP contribution in [0.2, 0.25) is 0 Å². The molecule has 3 aromatic rings. The lowest BCUT2D eigenvalue weighted by molar-refractivity contribution is -0.121. The van der Waals surface area contributed by atoms with Crippen LogP contribution < -0.4 is 9.47 Å². The Kier molecular flexibility index (Phi) is 8.12. The molecule has 0 aromatic heterocycles. The van der Waals surface area contributed by atoms with Gasteiger partial charge in [-0.15, -0.1) is 0 Å². The molecule has 2 N–H and O–H groups in total. The molecule has 1 fully saturated rings. The first-order chi connectivity index (χ1) is 18.2. The van der Waals surface area contributed by atoms with E-state index in [-0.39, 0.29) is 23.6 Å². The van der Waals surface area contributed by atoms with Crippen LogP contribution in [0.3, 0.4) is 0 Å². The van der Waals surface area contributed by atoms with Crippen molar-refractivity contribution in [3.8, 4) is 11.5 Å². The van der Waals surface area contributed by atoms with E-state index in [2.05, 4.69) is 4.99 Å². The average Bonchev–Trinajstić information content (AvgIpc) is 3.16. The molecule has 4 rings (SSSR count). The number of hydrogen-bond donors (Lipinski definition) is 2. The summed E-state index contributed by atoms with van der Waals surface area (Å²) in [6.45, 7) is 2.49. The Morgan fingerprint density at radius 1 is 0.947 bits per heavy atom. The number of aliphatic imine (C=N–C) groups is 1. The van der Waals surface area contributed by atoms with Crippen molar-refractivity contribution < 1.29 is 34.1 Å². The third kappa shape index (κ3) is 6.22. The number of amides is 1. The van der Waals surface area contributed by atoms with Crippen molar-refractivity contribution in [3.63, 3.8) is 0 Å². The minimum atomic E-state index is -1.05. The smallest absolute Gasteiger partial charge is 0.335 e. The van der Waals surface area contributed by atoms with Crippen LogP contribution in [0.15, 0.2) is 76.6 Å². The van der Waals surface area contributed by atoms with E-state index in [1.807, 2.05) is 6.92 Å². The molecule has 0 unspecified atom stereocenters. The highest BCUT2D eigenvalue weighted by molar-refractivity contribution is 8.18. The van der Waals surface area contributed by atoms with Crippen LogP contribution in [0.25, 0.3) is 6.08 Å². The van der Waals surface area contributed by atoms with E-state index in [1.54, 1.807) is 55.6 Å². The predicted octanol–water partition coefficient (Wildman–Crippen LogP) is 5.29. The topological polar surface area (TPSA) is 126 Å². The van der Waals surface area contributed by atoms with Gasteiger partial charge in [0.15, 0.2) is 16.7 Å². The minimum absolute atomic E-state index is 0.114. The van der Waals surface area contributed by atoms with Crippen molar-refractivity contribution in [2.75, 3.05) is 13.7 Å². The Bertz CT molecular complexity index is 1450. The number of thioether (sulfide) groups is 1. The van der Waals surface area contributed by atoms with Crippen molar-refractivity contribution in [2.24, 2.45) is 4.99 Å². The molecule has 0 spiro atoms. The molecule has 10 heteroatoms. The summed E-state index contributed by atoms with van der Waals surface area (Å²) >= 11 is 1.19. The zero-order chi connectivity index (χ0) is 27.2. The second-order valence-corrected chi connectivity index (χ2v) is 9.16. The molecule has 1 aliphatic rings. The number of amidine groups is 1. The molecule has 0 bridgehead atoms. The van der Waals surface area contributed by atoms with Gasteiger partial charge in [0, 0.05) is 7.05 Å². The summed E-state index contributed by atoms with van der Waals surface area (Å²) in [6.07, 6.45) is 1.73. The first-order valence-electron chi connectivity index (χ1n) is 11.6. The maximum atomic E-state index is 12.9. The minimum Gasteiger partial charge on any atom is -0.490 e. The fraction of sp³-hybridized carbons (Fsp3) is 0.143. The quantitative estimate of drug-likeness (QED) is 0.356. The van der Waals surface area contributed by atoms with E-state index in [9.17, 15) is 19.5 Å². The number of benzene rings is 3. The van der Waals surface area contributed by atoms with Gasteiger partial charge in [-0.3, -0.25) is 9.69 Å². The summed E-state index contributed by atoms with van der Waals surface area (Å²) in [5.41, 5.74) is 2.28. The van der Waals surface area contributed by atoms with Crippen LogP contribution in [-0.2, 0) is 11.4 Å². The van der Waals surface area contributed by atoms with Gasteiger partial charge in [0.2, 0.25) is 0 Å². The van der Waals surface area contributed by atoms with Crippen LogP contribution in [-0.4, -0.2) is 51.8 Å². The van der Waals surface area contributed by atoms with Crippen LogP contribution in [0.4, 0.5) is 5.69 Å². The summed E-state index contributed by atoms with van der Waals surface area (Å²) in [6, 6.07) is 18.0. The first kappa shape index (κ1) is 26.5. The second-order valence-electron chi connectivity index (χ2n) is 8.15. The third-order valence-electron chi connectivity index (χ3n) is 5.48. The number of carboxylic acids is 2. The lowest BCUT2D eigenvalue weighted by Crippen LogP contribution is -2.23. The summed E-state index contributed by atoms with van der Waals surface area (Å²) in [7, 11) is 1.61. The number of carbonyl (C=O) groups is 3. The average molecular weight is 533 g/mol. The van der Waals surface area contributed by atoms with Gasteiger partial charge in [-0.25, -0.2) is 14.6 Å². The van der Waals surface area contributed by atoms with Gasteiger partial charge in [-0.2, -0.15) is 0 Å². The molecule has 1 saturated heterocycles. The van der Waals surface area contributed by atoms with Crippen molar-refractivity contribution in [2.45, 2.75) is 13.5 Å². The summed E-state index contributed by atoms with van der Waals surface area (Å²) in [5, 5.41) is 18.7. The zero-order valence-corrected chi connectivity index (χ0v) is 21.4. The van der Waals surface area contributed by atoms with Gasteiger partial charge in [0.25, 0.3) is 5.91 Å². The highest BCUT2D eigenvalue weighted by atomic mass is 32.2. The number of rotatable bonds is 9. The number of hydrogen-bond acceptors (Lipinski definition) is 7. The molecule has 3 aromatic carbocycles. The predicted molar refractivity (Wildman–Crippen MR) is 144 cm³/mol. The van der Waals surface area contributed by atoms with Crippen molar-refractivity contribution in [1.82, 2.24) is 4.90 Å². The highest BCUT2D eigenvalue weighted by Crippen LogP contribution is 2.35. The summed E-state index contributed by atoms with van der Waals surface area (Å²) < 4.78 is 11.7. The molecule has 9 nitrogen and oxygen atoms in total. The van der Waals surface area contributed by atoms with Crippen LogP contribution in [0, 0.1) is 0 Å². The normalized spacial score (nSPS) is 15.2. The largest absolute Gasteiger partial charge is 0.490 e. The lowest BCUT2D eigenvalue weighted by atomic mass is 10.1. The van der Waals surface area contributed by atoms with E-state index in [1.165, 1.54) is 40.9 Å². The van der Waals surface area contributed by atoms with E-state index >= 15 is 0 Å². The molecule has 0 radical (unpaired) electrons. The Hall–Kier alpha value is -4.57. The van der Waals surface area contributed by atoms with Gasteiger partial charge in [0.1, 0.15) is 6.61 Å². The van der Waals surface area contributed by atoms with Crippen molar-refractivity contribution in [3.05, 3.63) is 93.9 Å². The van der Waals surface area contributed by atoms with Crippen LogP contribution in [0.5, 0.6) is 11.5 Å². The van der Waals surface area contributed by atoms with E-state index < -0.39 is 11.9 Å². The maximum absolute atomic E-state index is 12.9. The van der Waals surface area contributed by atoms with E-state index in [4.69, 9.17) is 14.6 Å². The van der Waals surface area contributed by atoms with Gasteiger partial charge in [-0.1, -0.05) is 24.3 Å². The summed E-state index contributed by atoms with van der Waals surface area (Å²) in [4.78, 5) is 41.5. The molecule has 0 saturated carbocycles. The van der Waals surface area contributed by atoms with Crippen LogP contribution >= 0.6 is 11.8 Å². The molecule has 0 atom stereocenters. The van der Waals surface area contributed by atoms with Gasteiger partial charge < -0.3 is 19.7 Å². The molecule has 1 amide bonds. The van der Waals surface area contributed by atoms with Gasteiger partial charge in [-0.05, 0) is 78.4 Å². The third-order valence-corrected chi connectivity index (χ3v) is 6.54. The SMILES string of the molecule is CCOc1cc(C=C2SC(=Nc3cccc(C(=O)O)c3)N(C)C2=O)ccc1OCc1ccc(C(=O)O)cc1. The molecule has 0 aliphatic carbocycles. The molecule has 38 heavy (non-hydrogen) atoms. The molecule has 1 heterocycles. The Morgan fingerprint density at radius 3 is 2.37 bits per heavy atom. The number of carboxylic acid groups (broad SMARTS) is 2.